The Balaban J connectivity index is 2.02. The first kappa shape index (κ1) is 11.5. The average molecular weight is 257 g/mol. The van der Waals surface area contributed by atoms with Gasteiger partial charge in [0.1, 0.15) is 5.82 Å². The van der Waals surface area contributed by atoms with E-state index in [2.05, 4.69) is 33.5 Å². The maximum absolute atomic E-state index is 4.37. The zero-order valence-corrected chi connectivity index (χ0v) is 10.9. The van der Waals surface area contributed by atoms with Gasteiger partial charge in [-0.25, -0.2) is 0 Å². The minimum Gasteiger partial charge on any atom is -0.274 e. The molecular weight excluding hydrogens is 242 g/mol. The van der Waals surface area contributed by atoms with Gasteiger partial charge in [-0.3, -0.25) is 4.57 Å². The summed E-state index contributed by atoms with van der Waals surface area (Å²) in [6.07, 6.45) is 4.36. The van der Waals surface area contributed by atoms with Crippen molar-refractivity contribution < 1.29 is 0 Å². The summed E-state index contributed by atoms with van der Waals surface area (Å²) in [5.41, 5.74) is 1.15. The Bertz CT molecular complexity index is 543. The molecule has 1 fully saturated rings. The maximum atomic E-state index is 4.37. The summed E-state index contributed by atoms with van der Waals surface area (Å²) in [5, 5.41) is 9.65. The summed E-state index contributed by atoms with van der Waals surface area (Å²) in [5.74, 6) is 2.55. The lowest BCUT2D eigenvalue weighted by atomic mass is 10.3. The Morgan fingerprint density at radius 3 is 2.72 bits per heavy atom. The van der Waals surface area contributed by atoms with Gasteiger partial charge >= 0.3 is 0 Å². The Labute approximate surface area is 111 Å². The van der Waals surface area contributed by atoms with E-state index in [1.807, 2.05) is 24.3 Å². The summed E-state index contributed by atoms with van der Waals surface area (Å²) in [6, 6.07) is 10.3. The minimum atomic E-state index is 0.593. The predicted octanol–water partition coefficient (Wildman–Crippen LogP) is 3.42. The van der Waals surface area contributed by atoms with E-state index in [4.69, 9.17) is 0 Å². The number of rotatable bonds is 5. The topological polar surface area (TPSA) is 30.7 Å². The van der Waals surface area contributed by atoms with Crippen molar-refractivity contribution in [2.45, 2.75) is 23.9 Å². The van der Waals surface area contributed by atoms with Gasteiger partial charge in [-0.2, -0.15) is 0 Å². The molecule has 0 amide bonds. The highest BCUT2D eigenvalue weighted by Crippen LogP contribution is 2.41. The Hall–Kier alpha value is -1.55. The lowest BCUT2D eigenvalue weighted by Crippen LogP contribution is -2.01. The van der Waals surface area contributed by atoms with Crippen molar-refractivity contribution in [3.63, 3.8) is 0 Å². The molecule has 0 saturated heterocycles. The van der Waals surface area contributed by atoms with E-state index in [1.165, 1.54) is 12.8 Å². The fourth-order valence-electron chi connectivity index (χ4n) is 1.93. The molecule has 4 heteroatoms. The van der Waals surface area contributed by atoms with Crippen LogP contribution in [-0.4, -0.2) is 20.5 Å². The second-order valence-electron chi connectivity index (χ2n) is 4.39. The standard InChI is InChI=1S/C14H15N3S/c1-2-10-18-14-16-15-13(11-8-9-11)17(14)12-6-4-3-5-7-12/h2-7,11H,1,8-10H2. The summed E-state index contributed by atoms with van der Waals surface area (Å²) in [7, 11) is 0. The number of para-hydroxylation sites is 1. The van der Waals surface area contributed by atoms with Gasteiger partial charge in [-0.1, -0.05) is 36.0 Å². The quantitative estimate of drug-likeness (QED) is 0.607. The third-order valence-electron chi connectivity index (χ3n) is 2.95. The highest BCUT2D eigenvalue weighted by atomic mass is 32.2. The first-order chi connectivity index (χ1) is 8.90. The molecular formula is C14H15N3S. The van der Waals surface area contributed by atoms with Crippen molar-refractivity contribution in [3.05, 3.63) is 48.8 Å². The van der Waals surface area contributed by atoms with E-state index in [9.17, 15) is 0 Å². The van der Waals surface area contributed by atoms with Crippen molar-refractivity contribution in [2.75, 3.05) is 5.75 Å². The first-order valence-electron chi connectivity index (χ1n) is 6.14. The highest BCUT2D eigenvalue weighted by Gasteiger charge is 2.30. The van der Waals surface area contributed by atoms with E-state index >= 15 is 0 Å². The molecule has 0 spiro atoms. The van der Waals surface area contributed by atoms with Crippen LogP contribution in [0.2, 0.25) is 0 Å². The zero-order valence-electron chi connectivity index (χ0n) is 10.1. The zero-order chi connectivity index (χ0) is 12.4. The largest absolute Gasteiger partial charge is 0.274 e. The number of benzene rings is 1. The van der Waals surface area contributed by atoms with E-state index in [0.717, 1.165) is 22.4 Å². The van der Waals surface area contributed by atoms with E-state index in [1.54, 1.807) is 11.8 Å². The van der Waals surface area contributed by atoms with Crippen LogP contribution in [0.1, 0.15) is 24.6 Å². The molecule has 1 aliphatic carbocycles. The van der Waals surface area contributed by atoms with E-state index in [-0.39, 0.29) is 0 Å². The molecule has 1 heterocycles. The van der Waals surface area contributed by atoms with Gasteiger partial charge < -0.3 is 0 Å². The van der Waals surface area contributed by atoms with Gasteiger partial charge in [0.15, 0.2) is 5.16 Å². The van der Waals surface area contributed by atoms with Crippen LogP contribution in [0.4, 0.5) is 0 Å². The van der Waals surface area contributed by atoms with Crippen molar-refractivity contribution in [2.24, 2.45) is 0 Å². The van der Waals surface area contributed by atoms with Crippen LogP contribution in [0.15, 0.2) is 48.1 Å². The second-order valence-corrected chi connectivity index (χ2v) is 5.37. The van der Waals surface area contributed by atoms with Crippen LogP contribution in [-0.2, 0) is 0 Å². The Morgan fingerprint density at radius 1 is 1.28 bits per heavy atom. The number of hydrogen-bond acceptors (Lipinski definition) is 3. The van der Waals surface area contributed by atoms with Gasteiger partial charge in [0.25, 0.3) is 0 Å². The Morgan fingerprint density at radius 2 is 2.06 bits per heavy atom. The molecule has 3 nitrogen and oxygen atoms in total. The molecule has 1 aliphatic rings. The molecule has 2 aromatic rings. The average Bonchev–Trinajstić information content (AvgIpc) is 3.18. The minimum absolute atomic E-state index is 0.593. The smallest absolute Gasteiger partial charge is 0.196 e. The van der Waals surface area contributed by atoms with Gasteiger partial charge in [-0.05, 0) is 25.0 Å². The summed E-state index contributed by atoms with van der Waals surface area (Å²) >= 11 is 1.68. The molecule has 92 valence electrons. The first-order valence-corrected chi connectivity index (χ1v) is 7.13. The molecule has 3 rings (SSSR count). The van der Waals surface area contributed by atoms with Crippen LogP contribution >= 0.6 is 11.8 Å². The molecule has 0 unspecified atom stereocenters. The molecule has 0 bridgehead atoms. The fraction of sp³-hybridized carbons (Fsp3) is 0.286. The van der Waals surface area contributed by atoms with E-state index < -0.39 is 0 Å². The summed E-state index contributed by atoms with van der Waals surface area (Å²) in [4.78, 5) is 0. The molecule has 0 radical (unpaired) electrons. The molecule has 1 aromatic carbocycles. The second kappa shape index (κ2) is 4.98. The van der Waals surface area contributed by atoms with Gasteiger partial charge in [-0.15, -0.1) is 16.8 Å². The monoisotopic (exact) mass is 257 g/mol. The van der Waals surface area contributed by atoms with Crippen LogP contribution in [0.25, 0.3) is 5.69 Å². The SMILES string of the molecule is C=CCSc1nnc(C2CC2)n1-c1ccccc1. The molecule has 0 aliphatic heterocycles. The maximum Gasteiger partial charge on any atom is 0.196 e. The fourth-order valence-corrected chi connectivity index (χ4v) is 2.63. The summed E-state index contributed by atoms with van der Waals surface area (Å²) in [6.45, 7) is 3.75. The van der Waals surface area contributed by atoms with Gasteiger partial charge in [0.05, 0.1) is 0 Å². The lowest BCUT2D eigenvalue weighted by molar-refractivity contribution is 0.830. The van der Waals surface area contributed by atoms with Crippen molar-refractivity contribution >= 4 is 11.8 Å². The van der Waals surface area contributed by atoms with Crippen LogP contribution in [0, 0.1) is 0 Å². The van der Waals surface area contributed by atoms with Crippen LogP contribution in [0.3, 0.4) is 0 Å². The molecule has 0 N–H and O–H groups in total. The van der Waals surface area contributed by atoms with E-state index in [0.29, 0.717) is 5.92 Å². The third-order valence-corrected chi connectivity index (χ3v) is 3.87. The van der Waals surface area contributed by atoms with Crippen molar-refractivity contribution in [1.82, 2.24) is 14.8 Å². The van der Waals surface area contributed by atoms with Gasteiger partial charge in [0.2, 0.25) is 0 Å². The van der Waals surface area contributed by atoms with Crippen LogP contribution in [0.5, 0.6) is 0 Å². The lowest BCUT2D eigenvalue weighted by Gasteiger charge is -2.08. The molecule has 1 aromatic heterocycles. The predicted molar refractivity (Wildman–Crippen MR) is 74.3 cm³/mol. The normalized spacial score (nSPS) is 14.7. The van der Waals surface area contributed by atoms with Crippen molar-refractivity contribution in [1.29, 1.82) is 0 Å². The Kier molecular flexibility index (Phi) is 3.19. The number of nitrogens with zero attached hydrogens (tertiary/aromatic N) is 3. The number of aromatic nitrogens is 3. The highest BCUT2D eigenvalue weighted by molar-refractivity contribution is 7.99. The molecule has 1 saturated carbocycles. The molecule has 0 atom stereocenters. The van der Waals surface area contributed by atoms with Crippen LogP contribution < -0.4 is 0 Å². The summed E-state index contributed by atoms with van der Waals surface area (Å²) < 4.78 is 2.19. The van der Waals surface area contributed by atoms with Gasteiger partial charge in [0, 0.05) is 17.4 Å². The number of hydrogen-bond donors (Lipinski definition) is 0. The molecule has 18 heavy (non-hydrogen) atoms. The van der Waals surface area contributed by atoms with Crippen molar-refractivity contribution in [3.8, 4) is 5.69 Å². The number of thioether (sulfide) groups is 1. The third kappa shape index (κ3) is 2.20.